The standard InChI is InChI=1S/C32H28ClN3O3S2/c1-19-16-22(17-27-30(38)35(32(39)41-27)18-21-12-14-23(33)15-13-21)20(2)36(19)31-28(25-10-6-7-11-26(25)40-31)29(37)34-24-8-4-3-5-9-24/h3-5,8-9,12-17H,6-7,10-11,18H2,1-2H3,(H,34,37)/b27-17+. The number of aryl methyl sites for hydroxylation is 2. The number of carbonyl (C=O) groups excluding carboxylic acids is 3. The van der Waals surface area contributed by atoms with Gasteiger partial charge in [-0.2, -0.15) is 0 Å². The average molecular weight is 602 g/mol. The second-order valence-corrected chi connectivity index (χ2v) is 12.8. The molecule has 0 spiro atoms. The molecular weight excluding hydrogens is 574 g/mol. The molecule has 9 heteroatoms. The normalized spacial score (nSPS) is 16.0. The van der Waals surface area contributed by atoms with Gasteiger partial charge in [0.15, 0.2) is 0 Å². The lowest BCUT2D eigenvalue weighted by Gasteiger charge is -2.14. The van der Waals surface area contributed by atoms with Crippen LogP contribution >= 0.6 is 34.7 Å². The maximum Gasteiger partial charge on any atom is 0.293 e. The molecule has 2 aromatic carbocycles. The van der Waals surface area contributed by atoms with Crippen molar-refractivity contribution in [3.05, 3.63) is 109 Å². The van der Waals surface area contributed by atoms with E-state index in [9.17, 15) is 14.4 Å². The van der Waals surface area contributed by atoms with Crippen molar-refractivity contribution in [2.75, 3.05) is 5.32 Å². The average Bonchev–Trinajstić information content (AvgIpc) is 3.56. The lowest BCUT2D eigenvalue weighted by atomic mass is 9.95. The van der Waals surface area contributed by atoms with E-state index in [1.165, 1.54) is 9.78 Å². The van der Waals surface area contributed by atoms with Crippen molar-refractivity contribution in [1.29, 1.82) is 0 Å². The second-order valence-electron chi connectivity index (χ2n) is 10.3. The Morgan fingerprint density at radius 1 is 1.02 bits per heavy atom. The monoisotopic (exact) mass is 601 g/mol. The van der Waals surface area contributed by atoms with Crippen LogP contribution in [0.25, 0.3) is 11.1 Å². The Morgan fingerprint density at radius 3 is 2.51 bits per heavy atom. The molecule has 1 aliphatic carbocycles. The van der Waals surface area contributed by atoms with E-state index in [1.54, 1.807) is 29.5 Å². The number of hydrogen-bond donors (Lipinski definition) is 1. The summed E-state index contributed by atoms with van der Waals surface area (Å²) in [5.41, 5.74) is 6.18. The summed E-state index contributed by atoms with van der Waals surface area (Å²) in [6, 6.07) is 18.7. The SMILES string of the molecule is Cc1cc(/C=C2/SC(=O)N(Cc3ccc(Cl)cc3)C2=O)c(C)n1-c1sc2c(c1C(=O)Nc1ccccc1)CCCC2. The predicted molar refractivity (Wildman–Crippen MR) is 167 cm³/mol. The third-order valence-electron chi connectivity index (χ3n) is 7.50. The van der Waals surface area contributed by atoms with Gasteiger partial charge in [0.2, 0.25) is 0 Å². The first-order valence-corrected chi connectivity index (χ1v) is 15.5. The molecule has 2 aliphatic rings. The van der Waals surface area contributed by atoms with Crippen LogP contribution in [0.3, 0.4) is 0 Å². The van der Waals surface area contributed by atoms with Crippen LogP contribution in [-0.4, -0.2) is 26.5 Å². The van der Waals surface area contributed by atoms with Crippen LogP contribution < -0.4 is 5.32 Å². The number of para-hydroxylation sites is 1. The highest BCUT2D eigenvalue weighted by Crippen LogP contribution is 2.40. The van der Waals surface area contributed by atoms with Crippen LogP contribution in [0.15, 0.2) is 65.6 Å². The van der Waals surface area contributed by atoms with Crippen LogP contribution in [-0.2, 0) is 24.2 Å². The summed E-state index contributed by atoms with van der Waals surface area (Å²) in [5, 5.41) is 4.30. The summed E-state index contributed by atoms with van der Waals surface area (Å²) in [6.45, 7) is 4.20. The number of aromatic nitrogens is 1. The van der Waals surface area contributed by atoms with E-state index in [4.69, 9.17) is 11.6 Å². The molecular formula is C32H28ClN3O3S2. The molecule has 0 atom stereocenters. The number of nitrogens with one attached hydrogen (secondary N) is 1. The van der Waals surface area contributed by atoms with Gasteiger partial charge in [-0.25, -0.2) is 0 Å². The van der Waals surface area contributed by atoms with Gasteiger partial charge in [-0.15, -0.1) is 11.3 Å². The zero-order valence-electron chi connectivity index (χ0n) is 22.7. The first-order chi connectivity index (χ1) is 19.8. The van der Waals surface area contributed by atoms with Gasteiger partial charge >= 0.3 is 0 Å². The summed E-state index contributed by atoms with van der Waals surface area (Å²) in [7, 11) is 0. The number of hydrogen-bond acceptors (Lipinski definition) is 5. The molecule has 1 fully saturated rings. The van der Waals surface area contributed by atoms with Crippen molar-refractivity contribution in [1.82, 2.24) is 9.47 Å². The summed E-state index contributed by atoms with van der Waals surface area (Å²) >= 11 is 8.61. The van der Waals surface area contributed by atoms with Crippen LogP contribution in [0.5, 0.6) is 0 Å². The summed E-state index contributed by atoms with van der Waals surface area (Å²) in [5.74, 6) is -0.419. The number of nitrogens with zero attached hydrogens (tertiary/aromatic N) is 2. The predicted octanol–water partition coefficient (Wildman–Crippen LogP) is 8.18. The van der Waals surface area contributed by atoms with Crippen molar-refractivity contribution in [3.8, 4) is 5.00 Å². The van der Waals surface area contributed by atoms with E-state index in [0.717, 1.165) is 81.8 Å². The van der Waals surface area contributed by atoms with Crippen molar-refractivity contribution < 1.29 is 14.4 Å². The van der Waals surface area contributed by atoms with Crippen molar-refractivity contribution in [3.63, 3.8) is 0 Å². The number of anilines is 1. The van der Waals surface area contributed by atoms with E-state index in [0.29, 0.717) is 9.93 Å². The number of benzene rings is 2. The van der Waals surface area contributed by atoms with Gasteiger partial charge in [-0.1, -0.05) is 41.9 Å². The molecule has 0 unspecified atom stereocenters. The molecule has 0 saturated carbocycles. The maximum absolute atomic E-state index is 13.7. The minimum absolute atomic E-state index is 0.108. The van der Waals surface area contributed by atoms with Gasteiger partial charge in [-0.3, -0.25) is 19.3 Å². The van der Waals surface area contributed by atoms with E-state index in [1.807, 2.05) is 62.4 Å². The quantitative estimate of drug-likeness (QED) is 0.226. The van der Waals surface area contributed by atoms with Gasteiger partial charge in [0.05, 0.1) is 17.0 Å². The van der Waals surface area contributed by atoms with Gasteiger partial charge in [0.25, 0.3) is 17.1 Å². The smallest absolute Gasteiger partial charge is 0.293 e. The largest absolute Gasteiger partial charge is 0.322 e. The molecule has 2 aromatic heterocycles. The molecule has 0 bridgehead atoms. The lowest BCUT2D eigenvalue weighted by Crippen LogP contribution is -2.27. The highest BCUT2D eigenvalue weighted by Gasteiger charge is 2.35. The Balaban J connectivity index is 1.34. The number of carbonyl (C=O) groups is 3. The number of fused-ring (bicyclic) bond motifs is 1. The second kappa shape index (κ2) is 11.4. The van der Waals surface area contributed by atoms with Gasteiger partial charge in [0, 0.05) is 27.0 Å². The van der Waals surface area contributed by atoms with Gasteiger partial charge in [-0.05, 0) is 104 Å². The van der Waals surface area contributed by atoms with Gasteiger partial charge in [0.1, 0.15) is 5.00 Å². The fraction of sp³-hybridized carbons (Fsp3) is 0.219. The molecule has 1 aliphatic heterocycles. The van der Waals surface area contributed by atoms with E-state index < -0.39 is 0 Å². The van der Waals surface area contributed by atoms with E-state index in [-0.39, 0.29) is 23.6 Å². The van der Waals surface area contributed by atoms with Crippen LogP contribution in [0.2, 0.25) is 5.02 Å². The number of thiophene rings is 1. The number of thioether (sulfide) groups is 1. The van der Waals surface area contributed by atoms with Crippen LogP contribution in [0, 0.1) is 13.8 Å². The molecule has 208 valence electrons. The Morgan fingerprint density at radius 2 is 1.76 bits per heavy atom. The third-order valence-corrected chi connectivity index (χ3v) is 9.94. The first-order valence-electron chi connectivity index (χ1n) is 13.5. The Kier molecular flexibility index (Phi) is 7.64. The number of rotatable bonds is 6. The zero-order valence-corrected chi connectivity index (χ0v) is 25.1. The van der Waals surface area contributed by atoms with Crippen LogP contribution in [0.4, 0.5) is 10.5 Å². The first kappa shape index (κ1) is 27.6. The molecule has 4 aromatic rings. The molecule has 6 rings (SSSR count). The fourth-order valence-electron chi connectivity index (χ4n) is 5.45. The molecule has 1 N–H and O–H groups in total. The molecule has 1 saturated heterocycles. The van der Waals surface area contributed by atoms with E-state index >= 15 is 0 Å². The topological polar surface area (TPSA) is 71.4 Å². The van der Waals surface area contributed by atoms with Crippen molar-refractivity contribution in [2.24, 2.45) is 0 Å². The Hall–Kier alpha value is -3.59. The minimum atomic E-state index is -0.311. The maximum atomic E-state index is 13.7. The molecule has 0 radical (unpaired) electrons. The van der Waals surface area contributed by atoms with Crippen molar-refractivity contribution >= 4 is 63.5 Å². The summed E-state index contributed by atoms with van der Waals surface area (Å²) in [4.78, 5) is 42.6. The fourth-order valence-corrected chi connectivity index (χ4v) is 7.91. The van der Waals surface area contributed by atoms with Crippen LogP contribution in [0.1, 0.15) is 56.2 Å². The number of amides is 3. The highest BCUT2D eigenvalue weighted by molar-refractivity contribution is 8.18. The minimum Gasteiger partial charge on any atom is -0.322 e. The van der Waals surface area contributed by atoms with E-state index in [2.05, 4.69) is 9.88 Å². The third kappa shape index (κ3) is 5.39. The number of halogens is 1. The summed E-state index contributed by atoms with van der Waals surface area (Å²) in [6.07, 6.45) is 5.83. The summed E-state index contributed by atoms with van der Waals surface area (Å²) < 4.78 is 2.12. The Labute approximate surface area is 252 Å². The highest BCUT2D eigenvalue weighted by atomic mass is 35.5. The van der Waals surface area contributed by atoms with Crippen molar-refractivity contribution in [2.45, 2.75) is 46.1 Å². The van der Waals surface area contributed by atoms with Gasteiger partial charge < -0.3 is 9.88 Å². The molecule has 3 heterocycles. The Bertz CT molecular complexity index is 1700. The molecule has 3 amide bonds. The molecule has 41 heavy (non-hydrogen) atoms. The zero-order chi connectivity index (χ0) is 28.7. The lowest BCUT2D eigenvalue weighted by molar-refractivity contribution is -0.123. The molecule has 6 nitrogen and oxygen atoms in total. The number of imide groups is 1.